The van der Waals surface area contributed by atoms with Crippen molar-refractivity contribution in [3.63, 3.8) is 0 Å². The zero-order chi connectivity index (χ0) is 10.1. The van der Waals surface area contributed by atoms with E-state index in [1.54, 1.807) is 6.08 Å². The van der Waals surface area contributed by atoms with Crippen LogP contribution in [0.25, 0.3) is 0 Å². The molecule has 0 aliphatic heterocycles. The van der Waals surface area contributed by atoms with Crippen LogP contribution in [0.2, 0.25) is 0 Å². The standard InChI is InChI=1S/C10H20N2O/c1-4-6-7-12-10(13)9(3)8-11-5-2/h4,9,11H,1,5-8H2,2-3H3,(H,12,13). The normalized spacial score (nSPS) is 12.2. The predicted octanol–water partition coefficient (Wildman–Crippen LogP) is 0.924. The van der Waals surface area contributed by atoms with Crippen LogP contribution in [0.4, 0.5) is 0 Å². The Labute approximate surface area is 80.6 Å². The molecule has 3 nitrogen and oxygen atoms in total. The fourth-order valence-corrected chi connectivity index (χ4v) is 0.925. The summed E-state index contributed by atoms with van der Waals surface area (Å²) in [6, 6.07) is 0. The lowest BCUT2D eigenvalue weighted by molar-refractivity contribution is -0.124. The third-order valence-corrected chi connectivity index (χ3v) is 1.80. The van der Waals surface area contributed by atoms with Gasteiger partial charge in [0.05, 0.1) is 0 Å². The summed E-state index contributed by atoms with van der Waals surface area (Å²) in [5.74, 6) is 0.160. The highest BCUT2D eigenvalue weighted by molar-refractivity contribution is 5.78. The highest BCUT2D eigenvalue weighted by Crippen LogP contribution is 1.92. The highest BCUT2D eigenvalue weighted by Gasteiger charge is 2.10. The molecule has 0 fully saturated rings. The van der Waals surface area contributed by atoms with Gasteiger partial charge < -0.3 is 10.6 Å². The largest absolute Gasteiger partial charge is 0.356 e. The molecule has 1 amide bonds. The molecule has 0 rings (SSSR count). The van der Waals surface area contributed by atoms with Gasteiger partial charge in [-0.3, -0.25) is 4.79 Å². The lowest BCUT2D eigenvalue weighted by Gasteiger charge is -2.11. The summed E-state index contributed by atoms with van der Waals surface area (Å²) in [5, 5.41) is 5.98. The molecule has 0 saturated carbocycles. The van der Waals surface area contributed by atoms with Gasteiger partial charge in [-0.2, -0.15) is 0 Å². The molecule has 0 heterocycles. The fourth-order valence-electron chi connectivity index (χ4n) is 0.925. The van der Waals surface area contributed by atoms with Crippen molar-refractivity contribution in [1.29, 1.82) is 0 Å². The van der Waals surface area contributed by atoms with E-state index in [0.29, 0.717) is 6.54 Å². The maximum Gasteiger partial charge on any atom is 0.224 e. The smallest absolute Gasteiger partial charge is 0.224 e. The number of rotatable bonds is 7. The Kier molecular flexibility index (Phi) is 7.30. The van der Waals surface area contributed by atoms with Crippen molar-refractivity contribution >= 4 is 5.91 Å². The number of hydrogen-bond donors (Lipinski definition) is 2. The summed E-state index contributed by atoms with van der Waals surface area (Å²) in [4.78, 5) is 11.3. The maximum absolute atomic E-state index is 11.3. The van der Waals surface area contributed by atoms with Crippen molar-refractivity contribution in [3.8, 4) is 0 Å². The topological polar surface area (TPSA) is 41.1 Å². The number of amides is 1. The number of carbonyl (C=O) groups excluding carboxylic acids is 1. The summed E-state index contributed by atoms with van der Waals surface area (Å²) in [6.45, 7) is 9.89. The lowest BCUT2D eigenvalue weighted by atomic mass is 10.1. The first-order valence-corrected chi connectivity index (χ1v) is 4.81. The summed E-state index contributed by atoms with van der Waals surface area (Å²) in [6.07, 6.45) is 2.63. The lowest BCUT2D eigenvalue weighted by Crippen LogP contribution is -2.35. The monoisotopic (exact) mass is 184 g/mol. The van der Waals surface area contributed by atoms with Gasteiger partial charge in [0, 0.05) is 19.0 Å². The predicted molar refractivity (Wildman–Crippen MR) is 55.5 cm³/mol. The molecule has 0 aliphatic rings. The van der Waals surface area contributed by atoms with E-state index >= 15 is 0 Å². The molecule has 0 bridgehead atoms. The average molecular weight is 184 g/mol. The molecule has 3 heteroatoms. The minimum atomic E-state index is 0.0461. The third-order valence-electron chi connectivity index (χ3n) is 1.80. The van der Waals surface area contributed by atoms with Gasteiger partial charge in [0.15, 0.2) is 0 Å². The molecule has 0 aromatic rings. The molecule has 0 aromatic heterocycles. The maximum atomic E-state index is 11.3. The third kappa shape index (κ3) is 6.34. The first-order chi connectivity index (χ1) is 6.22. The Bertz CT molecular complexity index is 157. The summed E-state index contributed by atoms with van der Waals surface area (Å²) in [5.41, 5.74) is 0. The highest BCUT2D eigenvalue weighted by atomic mass is 16.1. The second-order valence-electron chi connectivity index (χ2n) is 3.08. The second kappa shape index (κ2) is 7.80. The van der Waals surface area contributed by atoms with Crippen LogP contribution in [0.1, 0.15) is 20.3 Å². The van der Waals surface area contributed by atoms with Crippen LogP contribution in [0.5, 0.6) is 0 Å². The second-order valence-corrected chi connectivity index (χ2v) is 3.08. The molecule has 13 heavy (non-hydrogen) atoms. The van der Waals surface area contributed by atoms with Crippen LogP contribution in [0, 0.1) is 5.92 Å². The van der Waals surface area contributed by atoms with E-state index in [-0.39, 0.29) is 11.8 Å². The van der Waals surface area contributed by atoms with Crippen molar-refractivity contribution < 1.29 is 4.79 Å². The zero-order valence-corrected chi connectivity index (χ0v) is 8.60. The van der Waals surface area contributed by atoms with Crippen molar-refractivity contribution in [2.24, 2.45) is 5.92 Å². The molecule has 0 aliphatic carbocycles. The Hall–Kier alpha value is -0.830. The Morgan fingerprint density at radius 3 is 2.85 bits per heavy atom. The van der Waals surface area contributed by atoms with Gasteiger partial charge in [0.1, 0.15) is 0 Å². The first-order valence-electron chi connectivity index (χ1n) is 4.81. The minimum Gasteiger partial charge on any atom is -0.356 e. The Balaban J connectivity index is 3.50. The summed E-state index contributed by atoms with van der Waals surface area (Å²) < 4.78 is 0. The van der Waals surface area contributed by atoms with E-state index in [1.165, 1.54) is 0 Å². The van der Waals surface area contributed by atoms with E-state index in [9.17, 15) is 4.79 Å². The van der Waals surface area contributed by atoms with Crippen molar-refractivity contribution in [1.82, 2.24) is 10.6 Å². The van der Waals surface area contributed by atoms with Gasteiger partial charge in [-0.05, 0) is 13.0 Å². The number of nitrogens with one attached hydrogen (secondary N) is 2. The van der Waals surface area contributed by atoms with Crippen LogP contribution < -0.4 is 10.6 Å². The van der Waals surface area contributed by atoms with Gasteiger partial charge in [0.2, 0.25) is 5.91 Å². The SMILES string of the molecule is C=CCCNC(=O)C(C)CNCC. The van der Waals surface area contributed by atoms with Crippen molar-refractivity contribution in [3.05, 3.63) is 12.7 Å². The molecule has 1 atom stereocenters. The van der Waals surface area contributed by atoms with Gasteiger partial charge in [0.25, 0.3) is 0 Å². The number of hydrogen-bond acceptors (Lipinski definition) is 2. The van der Waals surface area contributed by atoms with Crippen molar-refractivity contribution in [2.45, 2.75) is 20.3 Å². The Morgan fingerprint density at radius 2 is 2.31 bits per heavy atom. The van der Waals surface area contributed by atoms with E-state index in [1.807, 2.05) is 13.8 Å². The minimum absolute atomic E-state index is 0.0461. The first kappa shape index (κ1) is 12.2. The van der Waals surface area contributed by atoms with Crippen LogP contribution in [0.3, 0.4) is 0 Å². The summed E-state index contributed by atoms with van der Waals surface area (Å²) >= 11 is 0. The molecule has 0 spiro atoms. The van der Waals surface area contributed by atoms with Gasteiger partial charge in [-0.25, -0.2) is 0 Å². The molecular weight excluding hydrogens is 164 g/mol. The van der Waals surface area contributed by atoms with Gasteiger partial charge in [-0.15, -0.1) is 6.58 Å². The fraction of sp³-hybridized carbons (Fsp3) is 0.700. The van der Waals surface area contributed by atoms with Crippen LogP contribution in [-0.2, 0) is 4.79 Å². The van der Waals surface area contributed by atoms with Crippen LogP contribution in [-0.4, -0.2) is 25.5 Å². The Morgan fingerprint density at radius 1 is 1.62 bits per heavy atom. The van der Waals surface area contributed by atoms with E-state index in [0.717, 1.165) is 19.5 Å². The van der Waals surface area contributed by atoms with Crippen LogP contribution in [0.15, 0.2) is 12.7 Å². The van der Waals surface area contributed by atoms with E-state index in [4.69, 9.17) is 0 Å². The van der Waals surface area contributed by atoms with Gasteiger partial charge >= 0.3 is 0 Å². The van der Waals surface area contributed by atoms with E-state index < -0.39 is 0 Å². The number of carbonyl (C=O) groups is 1. The molecule has 0 radical (unpaired) electrons. The van der Waals surface area contributed by atoms with E-state index in [2.05, 4.69) is 17.2 Å². The molecule has 1 unspecified atom stereocenters. The molecular formula is C10H20N2O. The molecule has 0 saturated heterocycles. The average Bonchev–Trinajstić information content (AvgIpc) is 2.14. The molecule has 2 N–H and O–H groups in total. The zero-order valence-electron chi connectivity index (χ0n) is 8.60. The molecule has 76 valence electrons. The summed E-state index contributed by atoms with van der Waals surface area (Å²) in [7, 11) is 0. The van der Waals surface area contributed by atoms with Crippen molar-refractivity contribution in [2.75, 3.05) is 19.6 Å². The quantitative estimate of drug-likeness (QED) is 0.456. The van der Waals surface area contributed by atoms with Gasteiger partial charge in [-0.1, -0.05) is 19.9 Å². The van der Waals surface area contributed by atoms with Crippen LogP contribution >= 0.6 is 0 Å². The molecule has 0 aromatic carbocycles.